The molecule has 21 heavy (non-hydrogen) atoms. The fourth-order valence-electron chi connectivity index (χ4n) is 2.46. The van der Waals surface area contributed by atoms with Gasteiger partial charge in [0.2, 0.25) is 0 Å². The molecule has 2 aromatic rings. The second-order valence-corrected chi connectivity index (χ2v) is 5.75. The van der Waals surface area contributed by atoms with Gasteiger partial charge in [0.15, 0.2) is 0 Å². The number of methoxy groups -OCH3 is 1. The minimum atomic E-state index is -0.349. The second kappa shape index (κ2) is 5.48. The fourth-order valence-corrected chi connectivity index (χ4v) is 2.83. The summed E-state index contributed by atoms with van der Waals surface area (Å²) in [6, 6.07) is 10.7. The molecule has 5 heteroatoms. The molecular weight excluding hydrogens is 337 g/mol. The normalized spacial score (nSPS) is 13.5. The summed E-state index contributed by atoms with van der Waals surface area (Å²) in [7, 11) is 1.61. The maximum absolute atomic E-state index is 14.0. The van der Waals surface area contributed by atoms with Gasteiger partial charge >= 0.3 is 0 Å². The number of ether oxygens (including phenoxy) is 1. The number of amides is 1. The molecule has 2 aromatic carbocycles. The van der Waals surface area contributed by atoms with Crippen LogP contribution in [0.25, 0.3) is 0 Å². The maximum Gasteiger partial charge on any atom is 0.254 e. The summed E-state index contributed by atoms with van der Waals surface area (Å²) >= 11 is 3.15. The van der Waals surface area contributed by atoms with Crippen LogP contribution in [0.4, 0.5) is 4.39 Å². The van der Waals surface area contributed by atoms with Gasteiger partial charge in [-0.1, -0.05) is 12.1 Å². The van der Waals surface area contributed by atoms with Crippen LogP contribution in [-0.4, -0.2) is 17.9 Å². The number of carbonyl (C=O) groups is 1. The van der Waals surface area contributed by atoms with E-state index < -0.39 is 0 Å². The Kier molecular flexibility index (Phi) is 3.68. The van der Waals surface area contributed by atoms with E-state index in [1.54, 1.807) is 24.1 Å². The van der Waals surface area contributed by atoms with Crippen molar-refractivity contribution in [1.29, 1.82) is 0 Å². The fraction of sp³-hybridized carbons (Fsp3) is 0.188. The number of nitrogens with zero attached hydrogens (tertiary/aromatic N) is 1. The van der Waals surface area contributed by atoms with Crippen LogP contribution >= 0.6 is 15.9 Å². The molecule has 108 valence electrons. The number of hydrogen-bond donors (Lipinski definition) is 0. The van der Waals surface area contributed by atoms with E-state index in [2.05, 4.69) is 15.9 Å². The van der Waals surface area contributed by atoms with Crippen molar-refractivity contribution in [3.63, 3.8) is 0 Å². The molecule has 0 bridgehead atoms. The molecule has 1 amide bonds. The van der Waals surface area contributed by atoms with E-state index in [-0.39, 0.29) is 11.7 Å². The van der Waals surface area contributed by atoms with Crippen LogP contribution in [0.15, 0.2) is 40.9 Å². The molecule has 0 aromatic heterocycles. The van der Waals surface area contributed by atoms with Crippen LogP contribution in [0.1, 0.15) is 21.5 Å². The van der Waals surface area contributed by atoms with Crippen LogP contribution in [0.3, 0.4) is 0 Å². The summed E-state index contributed by atoms with van der Waals surface area (Å²) in [6.45, 7) is 0.750. The van der Waals surface area contributed by atoms with Gasteiger partial charge in [0, 0.05) is 17.7 Å². The Labute approximate surface area is 130 Å². The lowest BCUT2D eigenvalue weighted by molar-refractivity contribution is 0.0766. The molecule has 0 fully saturated rings. The molecule has 1 aliphatic heterocycles. The lowest BCUT2D eigenvalue weighted by Gasteiger charge is -2.15. The second-order valence-electron chi connectivity index (χ2n) is 4.90. The van der Waals surface area contributed by atoms with E-state index in [1.165, 1.54) is 0 Å². The van der Waals surface area contributed by atoms with Crippen LogP contribution in [0.2, 0.25) is 0 Å². The first-order valence-electron chi connectivity index (χ1n) is 6.49. The van der Waals surface area contributed by atoms with Crippen LogP contribution in [-0.2, 0) is 13.1 Å². The lowest BCUT2D eigenvalue weighted by atomic mass is 10.1. The third-order valence-electron chi connectivity index (χ3n) is 3.60. The highest BCUT2D eigenvalue weighted by Gasteiger charge is 2.30. The van der Waals surface area contributed by atoms with Crippen molar-refractivity contribution < 1.29 is 13.9 Å². The summed E-state index contributed by atoms with van der Waals surface area (Å²) in [6.07, 6.45) is 0. The highest BCUT2D eigenvalue weighted by Crippen LogP contribution is 2.30. The monoisotopic (exact) mass is 349 g/mol. The molecule has 0 aliphatic carbocycles. The third-order valence-corrected chi connectivity index (χ3v) is 4.21. The van der Waals surface area contributed by atoms with Gasteiger partial charge in [0.25, 0.3) is 5.91 Å². The highest BCUT2D eigenvalue weighted by atomic mass is 79.9. The smallest absolute Gasteiger partial charge is 0.254 e. The van der Waals surface area contributed by atoms with Gasteiger partial charge in [0.05, 0.1) is 18.1 Å². The van der Waals surface area contributed by atoms with E-state index in [1.807, 2.05) is 24.3 Å². The standard InChI is InChI=1S/C16H13BrFNO2/c1-21-11-4-2-10(3-5-11)8-19-9-13-12(16(19)20)6-7-14(17)15(13)18/h2-7H,8-9H2,1H3. The summed E-state index contributed by atoms with van der Waals surface area (Å²) in [5.41, 5.74) is 1.89. The van der Waals surface area contributed by atoms with Gasteiger partial charge in [-0.2, -0.15) is 0 Å². The van der Waals surface area contributed by atoms with Gasteiger partial charge in [0.1, 0.15) is 11.6 Å². The third kappa shape index (κ3) is 2.53. The van der Waals surface area contributed by atoms with Gasteiger partial charge in [-0.15, -0.1) is 0 Å². The SMILES string of the molecule is COc1ccc(CN2Cc3c(ccc(Br)c3F)C2=O)cc1. The molecule has 0 saturated carbocycles. The number of halogens is 2. The average molecular weight is 350 g/mol. The number of carbonyl (C=O) groups excluding carboxylic acids is 1. The quantitative estimate of drug-likeness (QED) is 0.844. The molecule has 1 heterocycles. The van der Waals surface area contributed by atoms with Crippen molar-refractivity contribution in [2.45, 2.75) is 13.1 Å². The number of rotatable bonds is 3. The Balaban J connectivity index is 1.82. The zero-order valence-corrected chi connectivity index (χ0v) is 13.0. The summed E-state index contributed by atoms with van der Waals surface area (Å²) in [5.74, 6) is 0.287. The molecule has 0 unspecified atom stereocenters. The summed E-state index contributed by atoms with van der Waals surface area (Å²) in [5, 5.41) is 0. The van der Waals surface area contributed by atoms with Gasteiger partial charge in [-0.3, -0.25) is 4.79 Å². The van der Waals surface area contributed by atoms with Crippen LogP contribution < -0.4 is 4.74 Å². The molecule has 1 aliphatic rings. The first-order chi connectivity index (χ1) is 10.1. The molecule has 3 rings (SSSR count). The zero-order chi connectivity index (χ0) is 15.0. The van der Waals surface area contributed by atoms with Crippen molar-refractivity contribution >= 4 is 21.8 Å². The summed E-state index contributed by atoms with van der Waals surface area (Å²) < 4.78 is 19.5. The predicted octanol–water partition coefficient (Wildman–Crippen LogP) is 3.75. The Morgan fingerprint density at radius 2 is 1.95 bits per heavy atom. The lowest BCUT2D eigenvalue weighted by Crippen LogP contribution is -2.23. The van der Waals surface area contributed by atoms with Gasteiger partial charge in [-0.25, -0.2) is 4.39 Å². The maximum atomic E-state index is 14.0. The summed E-state index contributed by atoms with van der Waals surface area (Å²) in [4.78, 5) is 13.9. The van der Waals surface area contributed by atoms with Crippen molar-refractivity contribution in [2.75, 3.05) is 7.11 Å². The Hall–Kier alpha value is -1.88. The van der Waals surface area contributed by atoms with Crippen molar-refractivity contribution in [2.24, 2.45) is 0 Å². The van der Waals surface area contributed by atoms with E-state index in [0.29, 0.717) is 28.7 Å². The van der Waals surface area contributed by atoms with Crippen molar-refractivity contribution in [3.8, 4) is 5.75 Å². The minimum Gasteiger partial charge on any atom is -0.497 e. The molecule has 0 atom stereocenters. The van der Waals surface area contributed by atoms with E-state index in [9.17, 15) is 9.18 Å². The number of fused-ring (bicyclic) bond motifs is 1. The highest BCUT2D eigenvalue weighted by molar-refractivity contribution is 9.10. The van der Waals surface area contributed by atoms with E-state index in [4.69, 9.17) is 4.74 Å². The molecule has 0 spiro atoms. The Morgan fingerprint density at radius 1 is 1.24 bits per heavy atom. The molecule has 3 nitrogen and oxygen atoms in total. The largest absolute Gasteiger partial charge is 0.497 e. The Bertz CT molecular complexity index is 700. The predicted molar refractivity (Wildman–Crippen MR) is 80.7 cm³/mol. The number of benzene rings is 2. The molecule has 0 N–H and O–H groups in total. The topological polar surface area (TPSA) is 29.5 Å². The Morgan fingerprint density at radius 3 is 2.62 bits per heavy atom. The van der Waals surface area contributed by atoms with Gasteiger partial charge in [-0.05, 0) is 45.8 Å². The van der Waals surface area contributed by atoms with Crippen molar-refractivity contribution in [1.82, 2.24) is 4.90 Å². The molecule has 0 saturated heterocycles. The molecular formula is C16H13BrFNO2. The first-order valence-corrected chi connectivity index (χ1v) is 7.28. The zero-order valence-electron chi connectivity index (χ0n) is 11.4. The molecule has 0 radical (unpaired) electrons. The van der Waals surface area contributed by atoms with Crippen LogP contribution in [0, 0.1) is 5.82 Å². The van der Waals surface area contributed by atoms with Crippen LogP contribution in [0.5, 0.6) is 5.75 Å². The average Bonchev–Trinajstić information content (AvgIpc) is 2.81. The van der Waals surface area contributed by atoms with E-state index >= 15 is 0 Å². The van der Waals surface area contributed by atoms with E-state index in [0.717, 1.165) is 11.3 Å². The first kappa shape index (κ1) is 14.1. The van der Waals surface area contributed by atoms with Gasteiger partial charge < -0.3 is 9.64 Å². The minimum absolute atomic E-state index is 0.132. The van der Waals surface area contributed by atoms with Crippen molar-refractivity contribution in [3.05, 3.63) is 63.4 Å². The number of hydrogen-bond acceptors (Lipinski definition) is 2.